The predicted molar refractivity (Wildman–Crippen MR) is 44.0 cm³/mol. The summed E-state index contributed by atoms with van der Waals surface area (Å²) in [6.07, 6.45) is 0. The van der Waals surface area contributed by atoms with Gasteiger partial charge in [0.15, 0.2) is 0 Å². The van der Waals surface area contributed by atoms with E-state index in [1.807, 2.05) is 0 Å². The molecule has 0 radical (unpaired) electrons. The predicted octanol–water partition coefficient (Wildman–Crippen LogP) is 1.81. The lowest BCUT2D eigenvalue weighted by atomic mass is 9.67. The third-order valence-electron chi connectivity index (χ3n) is 1.95. The molecule has 0 aromatic carbocycles. The molecule has 0 aliphatic carbocycles. The van der Waals surface area contributed by atoms with Crippen LogP contribution < -0.4 is 0 Å². The van der Waals surface area contributed by atoms with Gasteiger partial charge in [-0.1, -0.05) is 20.8 Å². The molecule has 0 N–H and O–H groups in total. The lowest BCUT2D eigenvalue weighted by Gasteiger charge is -2.19. The van der Waals surface area contributed by atoms with Crippen LogP contribution in [-0.2, 0) is 9.31 Å². The van der Waals surface area contributed by atoms with Gasteiger partial charge >= 0.3 is 7.12 Å². The summed E-state index contributed by atoms with van der Waals surface area (Å²) >= 11 is 0. The first-order chi connectivity index (χ1) is 4.63. The number of hydrogen-bond acceptors (Lipinski definition) is 2. The summed E-state index contributed by atoms with van der Waals surface area (Å²) < 4.78 is 10.2. The molecule has 0 heterocycles. The fourth-order valence-corrected chi connectivity index (χ4v) is 0.840. The van der Waals surface area contributed by atoms with Crippen LogP contribution in [0.1, 0.15) is 20.8 Å². The van der Waals surface area contributed by atoms with Crippen molar-refractivity contribution in [3.05, 3.63) is 0 Å². The minimum atomic E-state index is -0.0556. The maximum absolute atomic E-state index is 5.10. The lowest BCUT2D eigenvalue weighted by Crippen LogP contribution is -2.27. The molecule has 0 aromatic rings. The van der Waals surface area contributed by atoms with Crippen LogP contribution in [0.5, 0.6) is 0 Å². The SMILES string of the molecule is COB(OC)C(C)C(C)C. The molecule has 3 heteroatoms. The normalized spacial score (nSPS) is 13.8. The van der Waals surface area contributed by atoms with Gasteiger partial charge in [-0.05, 0) is 11.7 Å². The molecule has 0 amide bonds. The Balaban J connectivity index is 3.76. The molecular weight excluding hydrogens is 127 g/mol. The molecular formula is C7H17BO2. The second-order valence-electron chi connectivity index (χ2n) is 2.94. The van der Waals surface area contributed by atoms with E-state index < -0.39 is 0 Å². The van der Waals surface area contributed by atoms with Crippen molar-refractivity contribution in [3.8, 4) is 0 Å². The zero-order chi connectivity index (χ0) is 8.15. The van der Waals surface area contributed by atoms with Gasteiger partial charge < -0.3 is 9.31 Å². The van der Waals surface area contributed by atoms with Crippen LogP contribution >= 0.6 is 0 Å². The Labute approximate surface area is 64.0 Å². The fourth-order valence-electron chi connectivity index (χ4n) is 0.840. The first-order valence-electron chi connectivity index (χ1n) is 3.69. The minimum Gasteiger partial charge on any atom is -0.414 e. The molecule has 0 saturated heterocycles. The summed E-state index contributed by atoms with van der Waals surface area (Å²) in [6.45, 7) is 6.45. The van der Waals surface area contributed by atoms with Crippen LogP contribution in [0, 0.1) is 5.92 Å². The molecule has 1 unspecified atom stereocenters. The van der Waals surface area contributed by atoms with Crippen molar-refractivity contribution >= 4 is 7.12 Å². The Kier molecular flexibility index (Phi) is 4.74. The molecule has 2 nitrogen and oxygen atoms in total. The van der Waals surface area contributed by atoms with Crippen molar-refractivity contribution in [2.45, 2.75) is 26.6 Å². The topological polar surface area (TPSA) is 18.5 Å². The second kappa shape index (κ2) is 4.75. The standard InChI is InChI=1S/C7H17BO2/c1-6(2)7(3)8(9-4)10-5/h6-7H,1-5H3. The summed E-state index contributed by atoms with van der Waals surface area (Å²) in [5.74, 6) is 1.06. The maximum Gasteiger partial charge on any atom is 0.459 e. The van der Waals surface area contributed by atoms with Gasteiger partial charge in [0.2, 0.25) is 0 Å². The molecule has 0 aromatic heterocycles. The molecule has 0 spiro atoms. The van der Waals surface area contributed by atoms with Crippen molar-refractivity contribution in [3.63, 3.8) is 0 Å². The first kappa shape index (κ1) is 9.98. The summed E-state index contributed by atoms with van der Waals surface area (Å²) in [4.78, 5) is 0. The third-order valence-corrected chi connectivity index (χ3v) is 1.95. The zero-order valence-corrected chi connectivity index (χ0v) is 7.55. The Morgan fingerprint density at radius 1 is 1.00 bits per heavy atom. The average Bonchev–Trinajstić information content (AvgIpc) is 1.90. The Morgan fingerprint density at radius 3 is 1.50 bits per heavy atom. The highest BCUT2D eigenvalue weighted by Crippen LogP contribution is 2.20. The third kappa shape index (κ3) is 2.71. The van der Waals surface area contributed by atoms with Gasteiger partial charge in [-0.25, -0.2) is 0 Å². The van der Waals surface area contributed by atoms with Crippen LogP contribution in [0.15, 0.2) is 0 Å². The Bertz CT molecular complexity index is 81.7. The van der Waals surface area contributed by atoms with Crippen molar-refractivity contribution in [2.24, 2.45) is 5.92 Å². The number of hydrogen-bond donors (Lipinski definition) is 0. The highest BCUT2D eigenvalue weighted by Gasteiger charge is 2.25. The van der Waals surface area contributed by atoms with Crippen LogP contribution in [0.3, 0.4) is 0 Å². The van der Waals surface area contributed by atoms with Crippen molar-refractivity contribution in [2.75, 3.05) is 14.2 Å². The van der Waals surface area contributed by atoms with Gasteiger partial charge in [0.25, 0.3) is 0 Å². The molecule has 0 fully saturated rings. The highest BCUT2D eigenvalue weighted by atomic mass is 16.6. The molecule has 0 aliphatic rings. The summed E-state index contributed by atoms with van der Waals surface area (Å²) in [6, 6.07) is 0. The quantitative estimate of drug-likeness (QED) is 0.560. The summed E-state index contributed by atoms with van der Waals surface area (Å²) in [5.41, 5.74) is 0. The smallest absolute Gasteiger partial charge is 0.414 e. The molecule has 0 saturated carbocycles. The van der Waals surface area contributed by atoms with Gasteiger partial charge in [0, 0.05) is 14.2 Å². The second-order valence-corrected chi connectivity index (χ2v) is 2.94. The maximum atomic E-state index is 5.10. The van der Waals surface area contributed by atoms with Crippen LogP contribution in [0.2, 0.25) is 5.82 Å². The van der Waals surface area contributed by atoms with E-state index in [1.54, 1.807) is 14.2 Å². The van der Waals surface area contributed by atoms with E-state index in [1.165, 1.54) is 0 Å². The van der Waals surface area contributed by atoms with Gasteiger partial charge in [-0.3, -0.25) is 0 Å². The molecule has 1 atom stereocenters. The van der Waals surface area contributed by atoms with E-state index in [0.717, 1.165) is 0 Å². The van der Waals surface area contributed by atoms with E-state index >= 15 is 0 Å². The Morgan fingerprint density at radius 2 is 1.40 bits per heavy atom. The van der Waals surface area contributed by atoms with Crippen LogP contribution in [-0.4, -0.2) is 21.3 Å². The minimum absolute atomic E-state index is 0.0556. The molecule has 10 heavy (non-hydrogen) atoms. The van der Waals surface area contributed by atoms with E-state index in [0.29, 0.717) is 11.7 Å². The van der Waals surface area contributed by atoms with Crippen LogP contribution in [0.25, 0.3) is 0 Å². The molecule has 0 rings (SSSR count). The van der Waals surface area contributed by atoms with Gasteiger partial charge in [0.05, 0.1) is 0 Å². The van der Waals surface area contributed by atoms with Gasteiger partial charge in [-0.15, -0.1) is 0 Å². The van der Waals surface area contributed by atoms with E-state index in [2.05, 4.69) is 20.8 Å². The summed E-state index contributed by atoms with van der Waals surface area (Å²) in [7, 11) is 3.29. The largest absolute Gasteiger partial charge is 0.459 e. The Hall–Kier alpha value is -0.0151. The molecule has 60 valence electrons. The van der Waals surface area contributed by atoms with Crippen molar-refractivity contribution in [1.82, 2.24) is 0 Å². The fraction of sp³-hybridized carbons (Fsp3) is 1.00. The van der Waals surface area contributed by atoms with Crippen LogP contribution in [0.4, 0.5) is 0 Å². The van der Waals surface area contributed by atoms with Crippen molar-refractivity contribution < 1.29 is 9.31 Å². The highest BCUT2D eigenvalue weighted by molar-refractivity contribution is 6.46. The van der Waals surface area contributed by atoms with Gasteiger partial charge in [0.1, 0.15) is 0 Å². The summed E-state index contributed by atoms with van der Waals surface area (Å²) in [5, 5.41) is 0. The monoisotopic (exact) mass is 144 g/mol. The lowest BCUT2D eigenvalue weighted by molar-refractivity contribution is 0.257. The van der Waals surface area contributed by atoms with Crippen molar-refractivity contribution in [1.29, 1.82) is 0 Å². The van der Waals surface area contributed by atoms with E-state index in [-0.39, 0.29) is 7.12 Å². The number of rotatable bonds is 4. The van der Waals surface area contributed by atoms with E-state index in [4.69, 9.17) is 9.31 Å². The van der Waals surface area contributed by atoms with E-state index in [9.17, 15) is 0 Å². The zero-order valence-electron chi connectivity index (χ0n) is 7.55. The molecule has 0 bridgehead atoms. The first-order valence-corrected chi connectivity index (χ1v) is 3.69. The molecule has 0 aliphatic heterocycles. The van der Waals surface area contributed by atoms with Gasteiger partial charge in [-0.2, -0.15) is 0 Å². The average molecular weight is 144 g/mol.